The van der Waals surface area contributed by atoms with E-state index < -0.39 is 5.41 Å². The number of fused-ring (bicyclic) bond motifs is 15. The van der Waals surface area contributed by atoms with E-state index in [9.17, 15) is 0 Å². The van der Waals surface area contributed by atoms with Crippen molar-refractivity contribution in [2.45, 2.75) is 46.0 Å². The summed E-state index contributed by atoms with van der Waals surface area (Å²) in [6, 6.07) is 63.2. The summed E-state index contributed by atoms with van der Waals surface area (Å²) in [7, 11) is 0. The zero-order valence-corrected chi connectivity index (χ0v) is 30.1. The maximum absolute atomic E-state index is 2.49. The van der Waals surface area contributed by atoms with Gasteiger partial charge >= 0.3 is 0 Å². The molecule has 0 fully saturated rings. The topological polar surface area (TPSA) is 0 Å². The highest BCUT2D eigenvalue weighted by Crippen LogP contribution is 2.65. The summed E-state index contributed by atoms with van der Waals surface area (Å²) in [5, 5.41) is 5.26. The molecule has 0 aliphatic heterocycles. The Labute approximate surface area is 303 Å². The van der Waals surface area contributed by atoms with Crippen LogP contribution in [0.15, 0.2) is 170 Å². The fourth-order valence-electron chi connectivity index (χ4n) is 8.48. The average Bonchev–Trinajstić information content (AvgIpc) is 3.70. The molecule has 10 rings (SSSR count). The predicted octanol–water partition coefficient (Wildman–Crippen LogP) is 14.5. The van der Waals surface area contributed by atoms with Crippen LogP contribution in [0.2, 0.25) is 0 Å². The molecule has 0 saturated heterocycles. The summed E-state index contributed by atoms with van der Waals surface area (Å²) in [5.41, 5.74) is 15.5. The molecule has 0 N–H and O–H groups in total. The number of hydrogen-bond acceptors (Lipinski definition) is 0. The quantitative estimate of drug-likeness (QED) is 0.166. The molecule has 2 aliphatic rings. The Balaban J connectivity index is 0.000000585. The van der Waals surface area contributed by atoms with Crippen molar-refractivity contribution >= 4 is 21.5 Å². The number of benzene rings is 8. The monoisotopic (exact) mass is 656 g/mol. The van der Waals surface area contributed by atoms with Crippen molar-refractivity contribution in [2.75, 3.05) is 0 Å². The van der Waals surface area contributed by atoms with Crippen molar-refractivity contribution in [3.05, 3.63) is 192 Å². The molecule has 0 heterocycles. The first-order chi connectivity index (χ1) is 25.3. The first kappa shape index (κ1) is 32.5. The zero-order valence-electron chi connectivity index (χ0n) is 30.1. The molecule has 8 aromatic carbocycles. The summed E-state index contributed by atoms with van der Waals surface area (Å²) in [4.78, 5) is 0. The molecule has 51 heavy (non-hydrogen) atoms. The third-order valence-electron chi connectivity index (χ3n) is 10.8. The van der Waals surface area contributed by atoms with Crippen LogP contribution in [0.4, 0.5) is 0 Å². The minimum absolute atomic E-state index is 0.431. The van der Waals surface area contributed by atoms with Gasteiger partial charge in [0.15, 0.2) is 0 Å². The third kappa shape index (κ3) is 4.96. The fraction of sp³-hybridized carbons (Fsp3) is 0.137. The Kier molecular flexibility index (Phi) is 8.62. The molecule has 0 unspecified atom stereocenters. The maximum atomic E-state index is 2.49. The van der Waals surface area contributed by atoms with Crippen LogP contribution in [-0.2, 0) is 5.41 Å². The van der Waals surface area contributed by atoms with Crippen LogP contribution in [0.5, 0.6) is 0 Å². The predicted molar refractivity (Wildman–Crippen MR) is 221 cm³/mol. The Bertz CT molecular complexity index is 2450. The van der Waals surface area contributed by atoms with Gasteiger partial charge in [0.25, 0.3) is 0 Å². The van der Waals surface area contributed by atoms with E-state index in [1.54, 1.807) is 0 Å². The summed E-state index contributed by atoms with van der Waals surface area (Å²) in [5.74, 6) is 0. The number of unbranched alkanes of at least 4 members (excludes halogenated alkanes) is 1. The van der Waals surface area contributed by atoms with Gasteiger partial charge in [0, 0.05) is 0 Å². The minimum Gasteiger partial charge on any atom is -0.0683 e. The first-order valence-electron chi connectivity index (χ1n) is 18.7. The Morgan fingerprint density at radius 1 is 0.353 bits per heavy atom. The van der Waals surface area contributed by atoms with Crippen LogP contribution >= 0.6 is 0 Å². The van der Waals surface area contributed by atoms with E-state index in [2.05, 4.69) is 184 Å². The third-order valence-corrected chi connectivity index (χ3v) is 10.8. The van der Waals surface area contributed by atoms with Gasteiger partial charge in [-0.05, 0) is 100 Å². The van der Waals surface area contributed by atoms with Crippen LogP contribution in [0.1, 0.15) is 62.8 Å². The lowest BCUT2D eigenvalue weighted by atomic mass is 9.68. The lowest BCUT2D eigenvalue weighted by molar-refractivity contribution is 0.802. The smallest absolute Gasteiger partial charge is 0.0683 e. The van der Waals surface area contributed by atoms with Gasteiger partial charge in [-0.15, -0.1) is 0 Å². The summed E-state index contributed by atoms with van der Waals surface area (Å²) in [6.45, 7) is 8.36. The lowest BCUT2D eigenvalue weighted by Gasteiger charge is -2.32. The van der Waals surface area contributed by atoms with Crippen LogP contribution in [0.3, 0.4) is 0 Å². The average molecular weight is 657 g/mol. The van der Waals surface area contributed by atoms with Crippen molar-refractivity contribution < 1.29 is 0 Å². The van der Waals surface area contributed by atoms with Gasteiger partial charge in [0.05, 0.1) is 5.41 Å². The molecule has 0 bridgehead atoms. The fourth-order valence-corrected chi connectivity index (χ4v) is 8.48. The van der Waals surface area contributed by atoms with Gasteiger partial charge in [-0.1, -0.05) is 198 Å². The zero-order chi connectivity index (χ0) is 35.0. The van der Waals surface area contributed by atoms with E-state index in [1.165, 1.54) is 101 Å². The number of hydrogen-bond donors (Lipinski definition) is 0. The second kappa shape index (κ2) is 13.5. The standard InChI is InChI=1S/C45H28.C4H10.C2H6/c1-3-13-29(14-4-1)31-23-25-37-39(27-31)33-17-7-8-20-36(33)43-38-26-24-32(30-15-5-2-6-16-30)28-42(38)45(44(37)43)40-21-11-9-18-34(40)35-19-10-12-22-41(35)45;1-3-4-2;1-2/h1-28H;3-4H2,1-2H3;1-2H3. The van der Waals surface area contributed by atoms with Crippen molar-refractivity contribution in [3.8, 4) is 44.5 Å². The van der Waals surface area contributed by atoms with E-state index >= 15 is 0 Å². The molecule has 0 saturated carbocycles. The molecule has 0 radical (unpaired) electrons. The second-order valence-corrected chi connectivity index (χ2v) is 13.4. The Hall–Kier alpha value is -5.72. The van der Waals surface area contributed by atoms with E-state index in [-0.39, 0.29) is 0 Å². The van der Waals surface area contributed by atoms with Crippen molar-refractivity contribution in [3.63, 3.8) is 0 Å². The number of rotatable bonds is 3. The molecule has 1 spiro atoms. The molecule has 2 aliphatic carbocycles. The first-order valence-corrected chi connectivity index (χ1v) is 18.7. The van der Waals surface area contributed by atoms with Crippen molar-refractivity contribution in [2.24, 2.45) is 0 Å². The molecule has 0 nitrogen and oxygen atoms in total. The molecule has 8 aromatic rings. The molecular formula is C51H44. The summed E-state index contributed by atoms with van der Waals surface area (Å²) < 4.78 is 0. The highest BCUT2D eigenvalue weighted by molar-refractivity contribution is 6.20. The van der Waals surface area contributed by atoms with E-state index in [0.29, 0.717) is 0 Å². The summed E-state index contributed by atoms with van der Waals surface area (Å²) >= 11 is 0. The lowest BCUT2D eigenvalue weighted by Crippen LogP contribution is -2.26. The Morgan fingerprint density at radius 3 is 1.43 bits per heavy atom. The van der Waals surface area contributed by atoms with E-state index in [0.717, 1.165) is 0 Å². The van der Waals surface area contributed by atoms with Crippen LogP contribution in [0.25, 0.3) is 66.1 Å². The van der Waals surface area contributed by atoms with Crippen LogP contribution in [-0.4, -0.2) is 0 Å². The van der Waals surface area contributed by atoms with Gasteiger partial charge in [0.2, 0.25) is 0 Å². The Morgan fingerprint density at radius 2 is 0.843 bits per heavy atom. The van der Waals surface area contributed by atoms with Gasteiger partial charge in [0.1, 0.15) is 0 Å². The SMILES string of the molecule is CC.CCCC.c1ccc(-c2ccc3c(c2)C2(c4ccccc4-c4ccccc42)c2c-3c3ccccc3c3cc(-c4ccccc4)ccc23)cc1. The van der Waals surface area contributed by atoms with E-state index in [4.69, 9.17) is 0 Å². The maximum Gasteiger partial charge on any atom is 0.0731 e. The normalized spacial score (nSPS) is 12.6. The van der Waals surface area contributed by atoms with E-state index in [1.807, 2.05) is 13.8 Å². The highest BCUT2D eigenvalue weighted by Gasteiger charge is 2.53. The molecule has 0 amide bonds. The highest BCUT2D eigenvalue weighted by atomic mass is 14.5. The van der Waals surface area contributed by atoms with Gasteiger partial charge in [-0.2, -0.15) is 0 Å². The van der Waals surface area contributed by atoms with Crippen molar-refractivity contribution in [1.82, 2.24) is 0 Å². The van der Waals surface area contributed by atoms with Crippen molar-refractivity contribution in [1.29, 1.82) is 0 Å². The molecule has 0 heteroatoms. The van der Waals surface area contributed by atoms with Crippen LogP contribution < -0.4 is 0 Å². The van der Waals surface area contributed by atoms with Gasteiger partial charge < -0.3 is 0 Å². The molecule has 0 atom stereocenters. The van der Waals surface area contributed by atoms with Crippen LogP contribution in [0, 0.1) is 0 Å². The van der Waals surface area contributed by atoms with Gasteiger partial charge in [-0.25, -0.2) is 0 Å². The molecular weight excluding hydrogens is 613 g/mol. The largest absolute Gasteiger partial charge is 0.0731 e. The minimum atomic E-state index is -0.431. The molecule has 248 valence electrons. The second-order valence-electron chi connectivity index (χ2n) is 13.4. The molecule has 0 aromatic heterocycles. The summed E-state index contributed by atoms with van der Waals surface area (Å²) in [6.07, 6.45) is 2.64. The van der Waals surface area contributed by atoms with Gasteiger partial charge in [-0.3, -0.25) is 0 Å².